The number of hydrogen-bond acceptors (Lipinski definition) is 5. The molecule has 0 fully saturated rings. The highest BCUT2D eigenvalue weighted by atomic mass is 79.9. The molecule has 0 amide bonds. The van der Waals surface area contributed by atoms with Gasteiger partial charge in [-0.1, -0.05) is 6.07 Å². The summed E-state index contributed by atoms with van der Waals surface area (Å²) in [5.74, 6) is 0.602. The van der Waals surface area contributed by atoms with E-state index in [2.05, 4.69) is 31.3 Å². The number of nitrogens with zero attached hydrogens (tertiary/aromatic N) is 3. The molecule has 2 heterocycles. The summed E-state index contributed by atoms with van der Waals surface area (Å²) < 4.78 is 7.23. The van der Waals surface area contributed by atoms with E-state index in [1.165, 1.54) is 4.68 Å². The molecule has 6 nitrogen and oxygen atoms in total. The van der Waals surface area contributed by atoms with Crippen molar-refractivity contribution < 1.29 is 4.74 Å². The van der Waals surface area contributed by atoms with E-state index >= 15 is 0 Å². The minimum Gasteiger partial charge on any atom is -0.475 e. The van der Waals surface area contributed by atoms with Crippen molar-refractivity contribution in [2.45, 2.75) is 26.5 Å². The van der Waals surface area contributed by atoms with Crippen LogP contribution in [0.1, 0.15) is 19.4 Å². The first kappa shape index (κ1) is 15.5. The largest absolute Gasteiger partial charge is 0.475 e. The lowest BCUT2D eigenvalue weighted by Gasteiger charge is -2.10. The van der Waals surface area contributed by atoms with Gasteiger partial charge in [0, 0.05) is 25.9 Å². The summed E-state index contributed by atoms with van der Waals surface area (Å²) in [6.45, 7) is 4.46. The van der Waals surface area contributed by atoms with Crippen molar-refractivity contribution in [2.24, 2.45) is 7.05 Å². The standard InChI is InChI=1S/C14H17BrN4O2/c1-9(2)21-12-5-4-10(7-17-12)6-16-11-8-18-19(3)14(20)13(11)15/h4-5,7-9,16H,6H2,1-3H3. The molecule has 0 aromatic carbocycles. The van der Waals surface area contributed by atoms with Gasteiger partial charge in [-0.25, -0.2) is 9.67 Å². The zero-order chi connectivity index (χ0) is 15.4. The molecule has 0 atom stereocenters. The van der Waals surface area contributed by atoms with Crippen molar-refractivity contribution in [3.63, 3.8) is 0 Å². The lowest BCUT2D eigenvalue weighted by molar-refractivity contribution is 0.232. The average Bonchev–Trinajstić information content (AvgIpc) is 2.45. The van der Waals surface area contributed by atoms with Crippen LogP contribution < -0.4 is 15.6 Å². The van der Waals surface area contributed by atoms with E-state index < -0.39 is 0 Å². The van der Waals surface area contributed by atoms with Gasteiger partial charge in [0.1, 0.15) is 4.47 Å². The van der Waals surface area contributed by atoms with Crippen LogP contribution >= 0.6 is 15.9 Å². The molecule has 2 aromatic rings. The van der Waals surface area contributed by atoms with Crippen molar-refractivity contribution in [3.05, 3.63) is 44.9 Å². The molecule has 0 aliphatic rings. The third kappa shape index (κ3) is 4.04. The summed E-state index contributed by atoms with van der Waals surface area (Å²) in [6, 6.07) is 3.76. The SMILES string of the molecule is CC(C)Oc1ccc(CNc2cnn(C)c(=O)c2Br)cn1. The molecule has 0 aliphatic heterocycles. The van der Waals surface area contributed by atoms with Gasteiger partial charge in [-0.3, -0.25) is 4.79 Å². The fraction of sp³-hybridized carbons (Fsp3) is 0.357. The number of rotatable bonds is 5. The molecule has 0 bridgehead atoms. The van der Waals surface area contributed by atoms with Crippen molar-refractivity contribution >= 4 is 21.6 Å². The first-order chi connectivity index (χ1) is 9.97. The molecule has 2 rings (SSSR count). The number of ether oxygens (including phenoxy) is 1. The van der Waals surface area contributed by atoms with Crippen LogP contribution in [0.15, 0.2) is 33.8 Å². The summed E-state index contributed by atoms with van der Waals surface area (Å²) in [7, 11) is 1.61. The average molecular weight is 353 g/mol. The molecule has 112 valence electrons. The van der Waals surface area contributed by atoms with Crippen molar-refractivity contribution in [2.75, 3.05) is 5.32 Å². The first-order valence-corrected chi connectivity index (χ1v) is 7.34. The maximum Gasteiger partial charge on any atom is 0.282 e. The molecular formula is C14H17BrN4O2. The Hall–Kier alpha value is -1.89. The summed E-state index contributed by atoms with van der Waals surface area (Å²) in [5.41, 5.74) is 1.46. The number of hydrogen-bond donors (Lipinski definition) is 1. The van der Waals surface area contributed by atoms with Crippen LogP contribution in [0.25, 0.3) is 0 Å². The molecule has 0 unspecified atom stereocenters. The highest BCUT2D eigenvalue weighted by Crippen LogP contribution is 2.17. The molecule has 0 saturated carbocycles. The molecular weight excluding hydrogens is 336 g/mol. The molecule has 0 spiro atoms. The minimum atomic E-state index is -0.182. The maximum absolute atomic E-state index is 11.7. The second-order valence-electron chi connectivity index (χ2n) is 4.83. The lowest BCUT2D eigenvalue weighted by atomic mass is 10.3. The van der Waals surface area contributed by atoms with E-state index in [9.17, 15) is 4.79 Å². The van der Waals surface area contributed by atoms with E-state index in [0.717, 1.165) is 5.56 Å². The van der Waals surface area contributed by atoms with Gasteiger partial charge >= 0.3 is 0 Å². The topological polar surface area (TPSA) is 69.0 Å². The van der Waals surface area contributed by atoms with Gasteiger partial charge in [0.25, 0.3) is 5.56 Å². The van der Waals surface area contributed by atoms with E-state index in [-0.39, 0.29) is 11.7 Å². The Kier molecular flexibility index (Phi) is 4.95. The van der Waals surface area contributed by atoms with Gasteiger partial charge in [0.15, 0.2) is 0 Å². The molecule has 0 saturated heterocycles. The Morgan fingerprint density at radius 1 is 1.38 bits per heavy atom. The van der Waals surface area contributed by atoms with Crippen molar-refractivity contribution in [3.8, 4) is 5.88 Å². The van der Waals surface area contributed by atoms with Gasteiger partial charge in [0.2, 0.25) is 5.88 Å². The summed E-state index contributed by atoms with van der Waals surface area (Å²) in [6.07, 6.45) is 3.45. The molecule has 0 radical (unpaired) electrons. The van der Waals surface area contributed by atoms with E-state index in [4.69, 9.17) is 4.74 Å². The van der Waals surface area contributed by atoms with Gasteiger partial charge in [-0.2, -0.15) is 5.10 Å². The van der Waals surface area contributed by atoms with Crippen molar-refractivity contribution in [1.29, 1.82) is 0 Å². The summed E-state index contributed by atoms with van der Waals surface area (Å²) in [5, 5.41) is 7.13. The Balaban J connectivity index is 2.03. The second kappa shape index (κ2) is 6.71. The van der Waals surface area contributed by atoms with Crippen LogP contribution in [0, 0.1) is 0 Å². The quantitative estimate of drug-likeness (QED) is 0.894. The monoisotopic (exact) mass is 352 g/mol. The van der Waals surface area contributed by atoms with Gasteiger partial charge < -0.3 is 10.1 Å². The van der Waals surface area contributed by atoms with Crippen molar-refractivity contribution in [1.82, 2.24) is 14.8 Å². The Bertz CT molecular complexity index is 668. The molecule has 2 aromatic heterocycles. The molecule has 0 aliphatic carbocycles. The van der Waals surface area contributed by atoms with Gasteiger partial charge in [0.05, 0.1) is 18.0 Å². The van der Waals surface area contributed by atoms with Crippen LogP contribution in [0.3, 0.4) is 0 Å². The van der Waals surface area contributed by atoms with Crippen LogP contribution in [-0.4, -0.2) is 20.9 Å². The fourth-order valence-corrected chi connectivity index (χ4v) is 2.16. The van der Waals surface area contributed by atoms with E-state index in [0.29, 0.717) is 22.6 Å². The Labute approximate surface area is 131 Å². The number of aryl methyl sites for hydroxylation is 1. The Morgan fingerprint density at radius 2 is 2.14 bits per heavy atom. The number of anilines is 1. The Morgan fingerprint density at radius 3 is 2.76 bits per heavy atom. The third-order valence-corrected chi connectivity index (χ3v) is 3.48. The molecule has 1 N–H and O–H groups in total. The lowest BCUT2D eigenvalue weighted by Crippen LogP contribution is -2.21. The molecule has 7 heteroatoms. The fourth-order valence-electron chi connectivity index (χ4n) is 1.66. The summed E-state index contributed by atoms with van der Waals surface area (Å²) in [4.78, 5) is 16.0. The second-order valence-corrected chi connectivity index (χ2v) is 5.62. The predicted octanol–water partition coefficient (Wildman–Crippen LogP) is 2.34. The maximum atomic E-state index is 11.7. The zero-order valence-corrected chi connectivity index (χ0v) is 13.7. The normalized spacial score (nSPS) is 10.7. The zero-order valence-electron chi connectivity index (χ0n) is 12.1. The highest BCUT2D eigenvalue weighted by Gasteiger charge is 2.06. The molecule has 21 heavy (non-hydrogen) atoms. The third-order valence-electron chi connectivity index (χ3n) is 2.72. The summed E-state index contributed by atoms with van der Waals surface area (Å²) >= 11 is 3.27. The van der Waals surface area contributed by atoms with Crippen LogP contribution in [0.5, 0.6) is 5.88 Å². The number of nitrogens with one attached hydrogen (secondary N) is 1. The number of pyridine rings is 1. The van der Waals surface area contributed by atoms with E-state index in [1.54, 1.807) is 19.4 Å². The highest BCUT2D eigenvalue weighted by molar-refractivity contribution is 9.10. The van der Waals surface area contributed by atoms with Crippen LogP contribution in [-0.2, 0) is 13.6 Å². The van der Waals surface area contributed by atoms with Crippen LogP contribution in [0.2, 0.25) is 0 Å². The minimum absolute atomic E-state index is 0.101. The van der Waals surface area contributed by atoms with Gasteiger partial charge in [-0.05, 0) is 35.3 Å². The first-order valence-electron chi connectivity index (χ1n) is 6.54. The number of aromatic nitrogens is 3. The van der Waals surface area contributed by atoms with Crippen LogP contribution in [0.4, 0.5) is 5.69 Å². The number of halogens is 1. The predicted molar refractivity (Wildman–Crippen MR) is 84.5 cm³/mol. The smallest absolute Gasteiger partial charge is 0.282 e. The van der Waals surface area contributed by atoms with E-state index in [1.807, 2.05) is 26.0 Å². The van der Waals surface area contributed by atoms with Gasteiger partial charge in [-0.15, -0.1) is 0 Å².